The summed E-state index contributed by atoms with van der Waals surface area (Å²) in [4.78, 5) is 12.4. The molecule has 0 spiro atoms. The van der Waals surface area contributed by atoms with Gasteiger partial charge in [0.15, 0.2) is 5.82 Å². The molecule has 0 saturated heterocycles. The highest BCUT2D eigenvalue weighted by Crippen LogP contribution is 2.26. The lowest BCUT2D eigenvalue weighted by Crippen LogP contribution is -2.12. The molecular weight excluding hydrogens is 389 g/mol. The summed E-state index contributed by atoms with van der Waals surface area (Å²) in [6, 6.07) is 11.8. The summed E-state index contributed by atoms with van der Waals surface area (Å²) in [6.07, 6.45) is 0. The molecule has 0 unspecified atom stereocenters. The van der Waals surface area contributed by atoms with E-state index in [1.807, 2.05) is 13.8 Å². The molecule has 27 heavy (non-hydrogen) atoms. The second-order valence-electron chi connectivity index (χ2n) is 6.02. The van der Waals surface area contributed by atoms with Gasteiger partial charge in [0, 0.05) is 10.6 Å². The lowest BCUT2D eigenvalue weighted by Gasteiger charge is -2.10. The number of hydrogen-bond donors (Lipinski definition) is 1. The predicted octanol–water partition coefficient (Wildman–Crippen LogP) is 4.39. The van der Waals surface area contributed by atoms with Crippen molar-refractivity contribution in [1.29, 1.82) is 0 Å². The maximum atomic E-state index is 12.4. The van der Waals surface area contributed by atoms with E-state index >= 15 is 0 Å². The van der Waals surface area contributed by atoms with Crippen LogP contribution in [0.5, 0.6) is 5.75 Å². The van der Waals surface area contributed by atoms with Gasteiger partial charge >= 0.3 is 0 Å². The number of tetrazole rings is 1. The van der Waals surface area contributed by atoms with Crippen molar-refractivity contribution in [2.45, 2.75) is 26.5 Å². The molecule has 0 radical (unpaired) electrons. The number of benzene rings is 2. The van der Waals surface area contributed by atoms with Crippen molar-refractivity contribution >= 4 is 34.8 Å². The third-order valence-corrected chi connectivity index (χ3v) is 4.28. The number of amides is 1. The van der Waals surface area contributed by atoms with Crippen LogP contribution in [0.1, 0.15) is 36.1 Å². The van der Waals surface area contributed by atoms with Crippen molar-refractivity contribution in [1.82, 2.24) is 20.2 Å². The van der Waals surface area contributed by atoms with Crippen molar-refractivity contribution in [3.63, 3.8) is 0 Å². The van der Waals surface area contributed by atoms with Gasteiger partial charge in [-0.3, -0.25) is 4.79 Å². The lowest BCUT2D eigenvalue weighted by atomic mass is 10.2. The number of carbonyl (C=O) groups excluding carboxylic acids is 1. The van der Waals surface area contributed by atoms with Gasteiger partial charge in [0.05, 0.1) is 16.8 Å². The Hall–Kier alpha value is -2.64. The highest BCUT2D eigenvalue weighted by Gasteiger charge is 2.11. The number of aromatic nitrogens is 4. The Bertz CT molecular complexity index is 941. The fourth-order valence-corrected chi connectivity index (χ4v) is 2.68. The second kappa shape index (κ2) is 8.37. The molecule has 0 fully saturated rings. The van der Waals surface area contributed by atoms with Crippen molar-refractivity contribution in [2.24, 2.45) is 0 Å². The Kier molecular flexibility index (Phi) is 5.93. The van der Waals surface area contributed by atoms with Gasteiger partial charge < -0.3 is 10.1 Å². The largest absolute Gasteiger partial charge is 0.486 e. The number of hydrogen-bond acceptors (Lipinski definition) is 5. The van der Waals surface area contributed by atoms with Crippen LogP contribution in [0.3, 0.4) is 0 Å². The number of ether oxygens (including phenoxy) is 1. The van der Waals surface area contributed by atoms with E-state index in [0.29, 0.717) is 32.9 Å². The summed E-state index contributed by atoms with van der Waals surface area (Å²) >= 11 is 12.0. The van der Waals surface area contributed by atoms with Crippen molar-refractivity contribution in [3.05, 3.63) is 63.9 Å². The zero-order chi connectivity index (χ0) is 19.4. The molecule has 1 heterocycles. The molecule has 0 aliphatic rings. The molecule has 7 nitrogen and oxygen atoms in total. The van der Waals surface area contributed by atoms with Gasteiger partial charge in [0.2, 0.25) is 0 Å². The number of anilines is 1. The maximum absolute atomic E-state index is 12.4. The summed E-state index contributed by atoms with van der Waals surface area (Å²) in [7, 11) is 0. The van der Waals surface area contributed by atoms with Crippen molar-refractivity contribution < 1.29 is 9.53 Å². The van der Waals surface area contributed by atoms with Crippen LogP contribution < -0.4 is 10.1 Å². The van der Waals surface area contributed by atoms with E-state index in [4.69, 9.17) is 27.9 Å². The van der Waals surface area contributed by atoms with E-state index in [-0.39, 0.29) is 18.6 Å². The van der Waals surface area contributed by atoms with Crippen LogP contribution in [0.15, 0.2) is 42.5 Å². The number of nitrogens with one attached hydrogen (secondary N) is 1. The Morgan fingerprint density at radius 1 is 1.19 bits per heavy atom. The molecule has 3 rings (SSSR count). The molecule has 0 atom stereocenters. The first-order chi connectivity index (χ1) is 12.9. The standard InChI is InChI=1S/C18H17Cl2N5O2/c1-11(2)25-17(22-23-24-25)10-27-14-6-3-12(4-7-14)18(26)21-16-9-13(19)5-8-15(16)20/h3-9,11H,10H2,1-2H3,(H,21,26). The van der Waals surface area contributed by atoms with Gasteiger partial charge in [-0.05, 0) is 66.7 Å². The molecule has 2 aromatic carbocycles. The van der Waals surface area contributed by atoms with E-state index in [1.165, 1.54) is 0 Å². The third-order valence-electron chi connectivity index (χ3n) is 3.71. The minimum atomic E-state index is -0.297. The quantitative estimate of drug-likeness (QED) is 0.657. The topological polar surface area (TPSA) is 81.9 Å². The van der Waals surface area contributed by atoms with Crippen LogP contribution in [0.25, 0.3) is 0 Å². The van der Waals surface area contributed by atoms with Gasteiger partial charge in [-0.15, -0.1) is 5.10 Å². The van der Waals surface area contributed by atoms with Gasteiger partial charge in [-0.1, -0.05) is 23.2 Å². The van der Waals surface area contributed by atoms with E-state index in [9.17, 15) is 4.79 Å². The van der Waals surface area contributed by atoms with Crippen LogP contribution in [0.2, 0.25) is 10.0 Å². The molecule has 0 saturated carbocycles. The molecule has 140 valence electrons. The fraction of sp³-hybridized carbons (Fsp3) is 0.222. The highest BCUT2D eigenvalue weighted by atomic mass is 35.5. The first kappa shape index (κ1) is 19.1. The van der Waals surface area contributed by atoms with Crippen LogP contribution in [-0.2, 0) is 6.61 Å². The molecule has 1 amide bonds. The SMILES string of the molecule is CC(C)n1nnnc1COc1ccc(C(=O)Nc2cc(Cl)ccc2Cl)cc1. The van der Waals surface area contributed by atoms with Gasteiger partial charge in [-0.2, -0.15) is 0 Å². The Morgan fingerprint density at radius 2 is 1.93 bits per heavy atom. The van der Waals surface area contributed by atoms with Crippen LogP contribution in [0.4, 0.5) is 5.69 Å². The molecule has 1 N–H and O–H groups in total. The maximum Gasteiger partial charge on any atom is 0.255 e. The van der Waals surface area contributed by atoms with E-state index in [1.54, 1.807) is 47.1 Å². The van der Waals surface area contributed by atoms with Crippen molar-refractivity contribution in [2.75, 3.05) is 5.32 Å². The molecule has 3 aromatic rings. The zero-order valence-electron chi connectivity index (χ0n) is 14.7. The van der Waals surface area contributed by atoms with E-state index in [0.717, 1.165) is 0 Å². The number of halogens is 2. The number of carbonyl (C=O) groups is 1. The summed E-state index contributed by atoms with van der Waals surface area (Å²) < 4.78 is 7.39. The van der Waals surface area contributed by atoms with Gasteiger partial charge in [0.1, 0.15) is 12.4 Å². The normalized spacial score (nSPS) is 10.9. The summed E-state index contributed by atoms with van der Waals surface area (Å²) in [5, 5.41) is 15.2. The third kappa shape index (κ3) is 4.75. The Balaban J connectivity index is 1.63. The molecule has 1 aromatic heterocycles. The molecule has 0 aliphatic carbocycles. The van der Waals surface area contributed by atoms with Gasteiger partial charge in [-0.25, -0.2) is 4.68 Å². The zero-order valence-corrected chi connectivity index (χ0v) is 16.2. The predicted molar refractivity (Wildman–Crippen MR) is 103 cm³/mol. The number of rotatable bonds is 6. The highest BCUT2D eigenvalue weighted by molar-refractivity contribution is 6.35. The first-order valence-electron chi connectivity index (χ1n) is 8.20. The summed E-state index contributed by atoms with van der Waals surface area (Å²) in [5.41, 5.74) is 0.917. The Morgan fingerprint density at radius 3 is 2.63 bits per heavy atom. The Labute approximate surface area is 166 Å². The fourth-order valence-electron chi connectivity index (χ4n) is 2.35. The average molecular weight is 406 g/mol. The monoisotopic (exact) mass is 405 g/mol. The van der Waals surface area contributed by atoms with E-state index in [2.05, 4.69) is 20.8 Å². The minimum Gasteiger partial charge on any atom is -0.486 e. The second-order valence-corrected chi connectivity index (χ2v) is 6.87. The molecule has 0 aliphatic heterocycles. The minimum absolute atomic E-state index is 0.142. The molecule has 9 heteroatoms. The van der Waals surface area contributed by atoms with E-state index < -0.39 is 0 Å². The van der Waals surface area contributed by atoms with Gasteiger partial charge in [0.25, 0.3) is 5.91 Å². The summed E-state index contributed by atoms with van der Waals surface area (Å²) in [6.45, 7) is 4.20. The lowest BCUT2D eigenvalue weighted by molar-refractivity contribution is 0.102. The number of nitrogens with zero attached hydrogens (tertiary/aromatic N) is 4. The van der Waals surface area contributed by atoms with Crippen LogP contribution in [-0.4, -0.2) is 26.1 Å². The van der Waals surface area contributed by atoms with Crippen molar-refractivity contribution in [3.8, 4) is 5.75 Å². The molecular formula is C18H17Cl2N5O2. The van der Waals surface area contributed by atoms with Crippen LogP contribution >= 0.6 is 23.2 Å². The van der Waals surface area contributed by atoms with Crippen LogP contribution in [0, 0.1) is 0 Å². The average Bonchev–Trinajstić information content (AvgIpc) is 3.12. The molecule has 0 bridgehead atoms. The smallest absolute Gasteiger partial charge is 0.255 e. The summed E-state index contributed by atoms with van der Waals surface area (Å²) in [5.74, 6) is 0.933. The first-order valence-corrected chi connectivity index (χ1v) is 8.95.